The van der Waals surface area contributed by atoms with Crippen LogP contribution in [0.25, 0.3) is 0 Å². The molecule has 0 fully saturated rings. The lowest BCUT2D eigenvalue weighted by atomic mass is 10.0. The van der Waals surface area contributed by atoms with E-state index in [1.807, 2.05) is 43.9 Å². The van der Waals surface area contributed by atoms with Gasteiger partial charge in [0.05, 0.1) is 17.7 Å². The summed E-state index contributed by atoms with van der Waals surface area (Å²) in [5.74, 6) is 0.163. The number of para-hydroxylation sites is 1. The number of likely N-dealkylation sites (N-methyl/N-ethyl adjacent to an activating group) is 1. The van der Waals surface area contributed by atoms with Crippen LogP contribution < -0.4 is 15.4 Å². The van der Waals surface area contributed by atoms with Crippen molar-refractivity contribution in [1.29, 1.82) is 0 Å². The molecule has 9 nitrogen and oxygen atoms in total. The van der Waals surface area contributed by atoms with Crippen molar-refractivity contribution in [3.8, 4) is 5.75 Å². The summed E-state index contributed by atoms with van der Waals surface area (Å²) < 4.78 is 11.8. The molecule has 0 bridgehead atoms. The molecule has 0 saturated heterocycles. The number of carbonyl (C=O) groups is 3. The smallest absolute Gasteiger partial charge is 0.323 e. The van der Waals surface area contributed by atoms with Gasteiger partial charge in [0, 0.05) is 57.0 Å². The van der Waals surface area contributed by atoms with Gasteiger partial charge in [0.25, 0.3) is 5.91 Å². The Kier molecular flexibility index (Phi) is 9.30. The molecule has 0 aliphatic carbocycles. The van der Waals surface area contributed by atoms with Crippen LogP contribution in [0.1, 0.15) is 37.6 Å². The molecule has 0 aromatic heterocycles. The zero-order valence-corrected chi connectivity index (χ0v) is 21.6. The van der Waals surface area contributed by atoms with Crippen molar-refractivity contribution in [2.45, 2.75) is 39.3 Å². The van der Waals surface area contributed by atoms with E-state index in [2.05, 4.69) is 10.6 Å². The molecule has 36 heavy (non-hydrogen) atoms. The molecule has 2 N–H and O–H groups in total. The summed E-state index contributed by atoms with van der Waals surface area (Å²) in [5.41, 5.74) is 1.50. The first-order chi connectivity index (χ1) is 17.2. The number of ether oxygens (including phenoxy) is 2. The number of carbonyl (C=O) groups excluding carboxylic acids is 3. The SMILES string of the molecule is CCC(=O)N1C[C@H](C)[C@@H](OC)CN(C)C(=O)c2ccc(NC(=O)Nc3ccccc3)cc2OC[C@@H]1C. The zero-order chi connectivity index (χ0) is 26.2. The lowest BCUT2D eigenvalue weighted by Gasteiger charge is -2.36. The third kappa shape index (κ3) is 6.75. The van der Waals surface area contributed by atoms with E-state index < -0.39 is 6.03 Å². The Morgan fingerprint density at radius 3 is 2.42 bits per heavy atom. The highest BCUT2D eigenvalue weighted by atomic mass is 16.5. The predicted molar refractivity (Wildman–Crippen MR) is 139 cm³/mol. The molecule has 1 aliphatic rings. The standard InChI is InChI=1S/C27H36N4O5/c1-6-25(32)31-15-18(2)24(35-5)16-30(4)26(33)22-13-12-21(14-23(22)36-17-19(31)3)29-27(34)28-20-10-8-7-9-11-20/h7-14,18-19,24H,6,15-17H2,1-5H3,(H2,28,29,34)/t18-,19-,24-/m0/s1. The van der Waals surface area contributed by atoms with Gasteiger partial charge >= 0.3 is 6.03 Å². The number of hydrogen-bond acceptors (Lipinski definition) is 5. The van der Waals surface area contributed by atoms with Gasteiger partial charge in [0.2, 0.25) is 5.91 Å². The summed E-state index contributed by atoms with van der Waals surface area (Å²) in [5, 5.41) is 5.55. The second-order valence-corrected chi connectivity index (χ2v) is 9.15. The van der Waals surface area contributed by atoms with Gasteiger partial charge in [0.15, 0.2) is 0 Å². The number of nitrogens with zero attached hydrogens (tertiary/aromatic N) is 2. The highest BCUT2D eigenvalue weighted by Gasteiger charge is 2.29. The number of rotatable bonds is 4. The van der Waals surface area contributed by atoms with Crippen molar-refractivity contribution in [3.05, 3.63) is 54.1 Å². The molecule has 3 rings (SSSR count). The van der Waals surface area contributed by atoms with Crippen LogP contribution in [0.3, 0.4) is 0 Å². The molecule has 0 spiro atoms. The average molecular weight is 497 g/mol. The van der Waals surface area contributed by atoms with E-state index in [4.69, 9.17) is 9.47 Å². The number of hydrogen-bond donors (Lipinski definition) is 2. The quantitative estimate of drug-likeness (QED) is 0.665. The molecule has 2 aromatic rings. The zero-order valence-electron chi connectivity index (χ0n) is 21.6. The maximum atomic E-state index is 13.3. The molecule has 1 heterocycles. The van der Waals surface area contributed by atoms with E-state index in [9.17, 15) is 14.4 Å². The van der Waals surface area contributed by atoms with Gasteiger partial charge in [-0.1, -0.05) is 32.0 Å². The van der Waals surface area contributed by atoms with Gasteiger partial charge < -0.3 is 29.9 Å². The number of fused-ring (bicyclic) bond motifs is 1. The van der Waals surface area contributed by atoms with E-state index >= 15 is 0 Å². The third-order valence-electron chi connectivity index (χ3n) is 6.36. The minimum absolute atomic E-state index is 0.0109. The monoisotopic (exact) mass is 496 g/mol. The summed E-state index contributed by atoms with van der Waals surface area (Å²) in [6.45, 7) is 6.83. The van der Waals surface area contributed by atoms with Crippen molar-refractivity contribution < 1.29 is 23.9 Å². The molecule has 3 atom stereocenters. The number of methoxy groups -OCH3 is 1. The fraction of sp³-hybridized carbons (Fsp3) is 0.444. The van der Waals surface area contributed by atoms with Crippen LogP contribution in [-0.4, -0.2) is 73.6 Å². The molecule has 0 radical (unpaired) electrons. The van der Waals surface area contributed by atoms with Gasteiger partial charge in [-0.25, -0.2) is 4.79 Å². The van der Waals surface area contributed by atoms with Crippen LogP contribution in [0.15, 0.2) is 48.5 Å². The molecule has 2 aromatic carbocycles. The Morgan fingerprint density at radius 2 is 1.75 bits per heavy atom. The Bertz CT molecular complexity index is 1060. The summed E-state index contributed by atoms with van der Waals surface area (Å²) in [7, 11) is 3.34. The molecule has 1 aliphatic heterocycles. The maximum Gasteiger partial charge on any atom is 0.323 e. The molecular formula is C27H36N4O5. The van der Waals surface area contributed by atoms with Crippen molar-refractivity contribution in [2.75, 3.05) is 44.5 Å². The minimum Gasteiger partial charge on any atom is -0.491 e. The van der Waals surface area contributed by atoms with E-state index in [1.54, 1.807) is 49.4 Å². The maximum absolute atomic E-state index is 13.3. The molecule has 4 amide bonds. The lowest BCUT2D eigenvalue weighted by molar-refractivity contribution is -0.135. The second kappa shape index (κ2) is 12.4. The van der Waals surface area contributed by atoms with E-state index in [0.717, 1.165) is 0 Å². The van der Waals surface area contributed by atoms with Crippen molar-refractivity contribution in [2.24, 2.45) is 5.92 Å². The van der Waals surface area contributed by atoms with Crippen LogP contribution in [0, 0.1) is 5.92 Å². The summed E-state index contributed by atoms with van der Waals surface area (Å²) in [6.07, 6.45) is 0.138. The second-order valence-electron chi connectivity index (χ2n) is 9.15. The lowest BCUT2D eigenvalue weighted by Crippen LogP contribution is -2.48. The van der Waals surface area contributed by atoms with Crippen molar-refractivity contribution in [3.63, 3.8) is 0 Å². The van der Waals surface area contributed by atoms with Gasteiger partial charge in [-0.2, -0.15) is 0 Å². The first-order valence-corrected chi connectivity index (χ1v) is 12.2. The Labute approximate surface area is 212 Å². The summed E-state index contributed by atoms with van der Waals surface area (Å²) in [4.78, 5) is 41.9. The first-order valence-electron chi connectivity index (χ1n) is 12.2. The molecule has 9 heteroatoms. The van der Waals surface area contributed by atoms with E-state index in [0.29, 0.717) is 42.2 Å². The highest BCUT2D eigenvalue weighted by Crippen LogP contribution is 2.27. The van der Waals surface area contributed by atoms with Crippen LogP contribution >= 0.6 is 0 Å². The minimum atomic E-state index is -0.414. The van der Waals surface area contributed by atoms with E-state index in [1.165, 1.54) is 0 Å². The molecule has 0 unspecified atom stereocenters. The highest BCUT2D eigenvalue weighted by molar-refractivity contribution is 6.01. The van der Waals surface area contributed by atoms with Crippen LogP contribution in [0.5, 0.6) is 5.75 Å². The number of benzene rings is 2. The van der Waals surface area contributed by atoms with Crippen LogP contribution in [0.2, 0.25) is 0 Å². The number of nitrogens with one attached hydrogen (secondary N) is 2. The summed E-state index contributed by atoms with van der Waals surface area (Å²) in [6, 6.07) is 13.4. The molecule has 194 valence electrons. The normalized spacial score (nSPS) is 20.9. The fourth-order valence-corrected chi connectivity index (χ4v) is 4.22. The van der Waals surface area contributed by atoms with Gasteiger partial charge in [-0.15, -0.1) is 0 Å². The molecule has 0 saturated carbocycles. The van der Waals surface area contributed by atoms with Crippen molar-refractivity contribution >= 4 is 29.2 Å². The molecular weight excluding hydrogens is 460 g/mol. The van der Waals surface area contributed by atoms with Crippen molar-refractivity contribution in [1.82, 2.24) is 9.80 Å². The Morgan fingerprint density at radius 1 is 1.06 bits per heavy atom. The Hall–Kier alpha value is -3.59. The third-order valence-corrected chi connectivity index (χ3v) is 6.36. The van der Waals surface area contributed by atoms with Crippen LogP contribution in [0.4, 0.5) is 16.2 Å². The largest absolute Gasteiger partial charge is 0.491 e. The van der Waals surface area contributed by atoms with Gasteiger partial charge in [0.1, 0.15) is 12.4 Å². The Balaban J connectivity index is 1.89. The fourth-order valence-electron chi connectivity index (χ4n) is 4.22. The average Bonchev–Trinajstić information content (AvgIpc) is 2.87. The van der Waals surface area contributed by atoms with Gasteiger partial charge in [-0.05, 0) is 31.2 Å². The number of urea groups is 1. The van der Waals surface area contributed by atoms with E-state index in [-0.39, 0.29) is 36.5 Å². The summed E-state index contributed by atoms with van der Waals surface area (Å²) >= 11 is 0. The number of anilines is 2. The number of amides is 4. The predicted octanol–water partition coefficient (Wildman–Crippen LogP) is 4.07. The topological polar surface area (TPSA) is 100 Å². The van der Waals surface area contributed by atoms with Crippen LogP contribution in [-0.2, 0) is 9.53 Å². The van der Waals surface area contributed by atoms with Gasteiger partial charge in [-0.3, -0.25) is 9.59 Å². The first kappa shape index (κ1) is 27.0.